The zero-order chi connectivity index (χ0) is 18.0. The molecule has 2 rings (SSSR count). The van der Waals surface area contributed by atoms with Crippen LogP contribution in [0.15, 0.2) is 33.7 Å². The summed E-state index contributed by atoms with van der Waals surface area (Å²) in [5.74, 6) is 0.985. The van der Waals surface area contributed by atoms with Crippen LogP contribution < -0.4 is 10.0 Å². The topological polar surface area (TPSA) is 97.1 Å². The third-order valence-corrected chi connectivity index (χ3v) is 5.08. The summed E-state index contributed by atoms with van der Waals surface area (Å²) >= 11 is 0. The summed E-state index contributed by atoms with van der Waals surface area (Å²) in [6.07, 6.45) is 0.655. The lowest BCUT2D eigenvalue weighted by Crippen LogP contribution is -2.40. The van der Waals surface area contributed by atoms with Crippen molar-refractivity contribution < 1.29 is 12.9 Å². The summed E-state index contributed by atoms with van der Waals surface area (Å²) < 4.78 is 32.4. The van der Waals surface area contributed by atoms with Gasteiger partial charge in [-0.3, -0.25) is 0 Å². The molecule has 1 heterocycles. The van der Waals surface area contributed by atoms with E-state index in [9.17, 15) is 8.42 Å². The zero-order valence-electron chi connectivity index (χ0n) is 15.0. The van der Waals surface area contributed by atoms with Crippen molar-refractivity contribution in [2.45, 2.75) is 50.6 Å². The molecule has 1 unspecified atom stereocenters. The molecule has 0 fully saturated rings. The summed E-state index contributed by atoms with van der Waals surface area (Å²) in [6.45, 7) is 7.42. The summed E-state index contributed by atoms with van der Waals surface area (Å²) in [5, 5.41) is 7.05. The largest absolute Gasteiger partial charge is 0.334 e. The number of aromatic nitrogens is 2. The standard InChI is InChI=1S/C16H24N4O3S.ClH/c1-11(17-5)10-14-18-15(23-19-14)12-6-8-13(9-7-12)24(21,22)20-16(2,3)4;/h6-9,11,17,20H,10H2,1-5H3;1H. The summed E-state index contributed by atoms with van der Waals surface area (Å²) in [5.41, 5.74) is 0.142. The SMILES string of the molecule is CNC(C)Cc1noc(-c2ccc(S(=O)(=O)NC(C)(C)C)cc2)n1.Cl. The van der Waals surface area contributed by atoms with Crippen LogP contribution in [0.2, 0.25) is 0 Å². The number of sulfonamides is 1. The normalized spacial score (nSPS) is 13.3. The summed E-state index contributed by atoms with van der Waals surface area (Å²) in [4.78, 5) is 4.54. The Morgan fingerprint density at radius 2 is 1.80 bits per heavy atom. The van der Waals surface area contributed by atoms with Crippen LogP contribution in [0.25, 0.3) is 11.5 Å². The Labute approximate surface area is 155 Å². The minimum atomic E-state index is -3.56. The van der Waals surface area contributed by atoms with Crippen molar-refractivity contribution in [1.82, 2.24) is 20.2 Å². The van der Waals surface area contributed by atoms with E-state index in [4.69, 9.17) is 4.52 Å². The van der Waals surface area contributed by atoms with Crippen LogP contribution >= 0.6 is 12.4 Å². The van der Waals surface area contributed by atoms with Crippen LogP contribution in [0.4, 0.5) is 0 Å². The van der Waals surface area contributed by atoms with Gasteiger partial charge in [0.25, 0.3) is 5.89 Å². The lowest BCUT2D eigenvalue weighted by molar-refractivity contribution is 0.418. The lowest BCUT2D eigenvalue weighted by Gasteiger charge is -2.20. The first-order chi connectivity index (χ1) is 11.1. The molecule has 0 spiro atoms. The van der Waals surface area contributed by atoms with Crippen LogP contribution in [0, 0.1) is 0 Å². The van der Waals surface area contributed by atoms with Gasteiger partial charge in [-0.2, -0.15) is 4.98 Å². The van der Waals surface area contributed by atoms with Gasteiger partial charge in [0.1, 0.15) is 0 Å². The van der Waals surface area contributed by atoms with Crippen molar-refractivity contribution in [3.05, 3.63) is 30.1 Å². The molecular weight excluding hydrogens is 364 g/mol. The molecule has 1 aromatic carbocycles. The minimum absolute atomic E-state index is 0. The second kappa shape index (κ2) is 8.27. The van der Waals surface area contributed by atoms with Crippen molar-refractivity contribution in [2.24, 2.45) is 0 Å². The highest BCUT2D eigenvalue weighted by molar-refractivity contribution is 7.89. The van der Waals surface area contributed by atoms with E-state index in [1.165, 1.54) is 12.1 Å². The Balaban J connectivity index is 0.00000312. The summed E-state index contributed by atoms with van der Waals surface area (Å²) in [7, 11) is -1.68. The van der Waals surface area contributed by atoms with Crippen molar-refractivity contribution in [2.75, 3.05) is 7.05 Å². The van der Waals surface area contributed by atoms with Crippen molar-refractivity contribution >= 4 is 22.4 Å². The molecule has 0 aliphatic rings. The van der Waals surface area contributed by atoms with Crippen LogP contribution in [-0.4, -0.2) is 37.2 Å². The second-order valence-electron chi connectivity index (χ2n) is 6.79. The number of halogens is 1. The quantitative estimate of drug-likeness (QED) is 0.788. The molecule has 9 heteroatoms. The van der Waals surface area contributed by atoms with E-state index in [1.807, 2.05) is 14.0 Å². The molecule has 1 aromatic heterocycles. The Morgan fingerprint density at radius 3 is 2.32 bits per heavy atom. The van der Waals surface area contributed by atoms with Gasteiger partial charge in [-0.25, -0.2) is 13.1 Å². The maximum atomic E-state index is 12.3. The van der Waals surface area contributed by atoms with Gasteiger partial charge in [0, 0.05) is 23.6 Å². The maximum Gasteiger partial charge on any atom is 0.257 e. The first-order valence-electron chi connectivity index (χ1n) is 7.75. The van der Waals surface area contributed by atoms with E-state index in [0.29, 0.717) is 23.7 Å². The number of hydrogen-bond donors (Lipinski definition) is 2. The molecule has 0 radical (unpaired) electrons. The van der Waals surface area contributed by atoms with Crippen molar-refractivity contribution in [3.8, 4) is 11.5 Å². The van der Waals surface area contributed by atoms with Gasteiger partial charge >= 0.3 is 0 Å². The monoisotopic (exact) mass is 388 g/mol. The highest BCUT2D eigenvalue weighted by atomic mass is 35.5. The van der Waals surface area contributed by atoms with Gasteiger partial charge in [0.15, 0.2) is 5.82 Å². The number of hydrogen-bond acceptors (Lipinski definition) is 6. The summed E-state index contributed by atoms with van der Waals surface area (Å²) in [6, 6.07) is 6.63. The fourth-order valence-electron chi connectivity index (χ4n) is 2.07. The van der Waals surface area contributed by atoms with Crippen molar-refractivity contribution in [3.63, 3.8) is 0 Å². The molecule has 0 aliphatic heterocycles. The molecular formula is C16H25ClN4O3S. The third-order valence-electron chi connectivity index (χ3n) is 3.30. The fraction of sp³-hybridized carbons (Fsp3) is 0.500. The lowest BCUT2D eigenvalue weighted by atomic mass is 10.1. The van der Waals surface area contributed by atoms with Crippen LogP contribution in [0.1, 0.15) is 33.5 Å². The predicted molar refractivity (Wildman–Crippen MR) is 99.3 cm³/mol. The first-order valence-corrected chi connectivity index (χ1v) is 9.23. The molecule has 2 N–H and O–H groups in total. The molecule has 0 amide bonds. The average molecular weight is 389 g/mol. The number of nitrogens with one attached hydrogen (secondary N) is 2. The van der Waals surface area contributed by atoms with Crippen LogP contribution in [0.5, 0.6) is 0 Å². The van der Waals surface area contributed by atoms with E-state index in [1.54, 1.807) is 32.9 Å². The number of nitrogens with zero attached hydrogens (tertiary/aromatic N) is 2. The van der Waals surface area contributed by atoms with Gasteiger partial charge < -0.3 is 9.84 Å². The van der Waals surface area contributed by atoms with E-state index in [-0.39, 0.29) is 23.3 Å². The molecule has 1 atom stereocenters. The maximum absolute atomic E-state index is 12.3. The molecule has 0 saturated heterocycles. The second-order valence-corrected chi connectivity index (χ2v) is 8.47. The Bertz CT molecular complexity index is 782. The average Bonchev–Trinajstić information content (AvgIpc) is 2.93. The molecule has 25 heavy (non-hydrogen) atoms. The van der Waals surface area contributed by atoms with Gasteiger partial charge in [-0.1, -0.05) is 5.16 Å². The van der Waals surface area contributed by atoms with E-state index >= 15 is 0 Å². The van der Waals surface area contributed by atoms with E-state index < -0.39 is 15.6 Å². The van der Waals surface area contributed by atoms with Gasteiger partial charge in [-0.15, -0.1) is 12.4 Å². The highest BCUT2D eigenvalue weighted by Gasteiger charge is 2.22. The number of likely N-dealkylation sites (N-methyl/N-ethyl adjacent to an activating group) is 1. The molecule has 0 saturated carbocycles. The Morgan fingerprint density at radius 1 is 1.20 bits per heavy atom. The molecule has 0 bridgehead atoms. The molecule has 0 aliphatic carbocycles. The number of rotatable bonds is 6. The third kappa shape index (κ3) is 6.07. The predicted octanol–water partition coefficient (Wildman–Crippen LogP) is 2.39. The van der Waals surface area contributed by atoms with E-state index in [2.05, 4.69) is 20.2 Å². The Kier molecular flexibility index (Phi) is 7.13. The first kappa shape index (κ1) is 21.6. The van der Waals surface area contributed by atoms with Crippen LogP contribution in [0.3, 0.4) is 0 Å². The minimum Gasteiger partial charge on any atom is -0.334 e. The van der Waals surface area contributed by atoms with Crippen LogP contribution in [-0.2, 0) is 16.4 Å². The Hall–Kier alpha value is -1.48. The fourth-order valence-corrected chi connectivity index (χ4v) is 3.49. The van der Waals surface area contributed by atoms with Gasteiger partial charge in [0.2, 0.25) is 10.0 Å². The molecule has 2 aromatic rings. The van der Waals surface area contributed by atoms with Gasteiger partial charge in [-0.05, 0) is 59.0 Å². The van der Waals surface area contributed by atoms with Gasteiger partial charge in [0.05, 0.1) is 4.90 Å². The van der Waals surface area contributed by atoms with Crippen molar-refractivity contribution in [1.29, 1.82) is 0 Å². The highest BCUT2D eigenvalue weighted by Crippen LogP contribution is 2.21. The molecule has 7 nitrogen and oxygen atoms in total. The zero-order valence-corrected chi connectivity index (χ0v) is 16.7. The number of benzene rings is 1. The smallest absolute Gasteiger partial charge is 0.257 e. The molecule has 140 valence electrons. The van der Waals surface area contributed by atoms with E-state index in [0.717, 1.165) is 0 Å².